The number of nitrogens with one attached hydrogen (secondary N) is 1. The van der Waals surface area contributed by atoms with E-state index < -0.39 is 23.6 Å². The molecule has 3 atom stereocenters. The normalized spacial score (nSPS) is 21.0. The number of thiazole rings is 1. The number of aryl methyl sites for hydroxylation is 1. The van der Waals surface area contributed by atoms with Gasteiger partial charge in [0.2, 0.25) is 11.8 Å². The van der Waals surface area contributed by atoms with Gasteiger partial charge in [-0.1, -0.05) is 26.0 Å². The van der Waals surface area contributed by atoms with Crippen molar-refractivity contribution < 1.29 is 14.7 Å². The molecule has 2 amide bonds. The Hall–Kier alpha value is -2.33. The molecular weight excluding hydrogens is 380 g/mol. The molecule has 3 heterocycles. The van der Waals surface area contributed by atoms with Gasteiger partial charge in [-0.15, -0.1) is 16.4 Å². The van der Waals surface area contributed by atoms with Gasteiger partial charge in [0, 0.05) is 26.2 Å². The quantitative estimate of drug-likeness (QED) is 0.783. The van der Waals surface area contributed by atoms with Gasteiger partial charge in [-0.05, 0) is 12.3 Å². The fourth-order valence-corrected chi connectivity index (χ4v) is 4.23. The van der Waals surface area contributed by atoms with Crippen LogP contribution in [0, 0.1) is 12.3 Å². The van der Waals surface area contributed by atoms with E-state index in [9.17, 15) is 14.7 Å². The molecule has 0 radical (unpaired) electrons. The van der Waals surface area contributed by atoms with Gasteiger partial charge in [0.1, 0.15) is 17.8 Å². The van der Waals surface area contributed by atoms with Crippen LogP contribution in [-0.4, -0.2) is 67.5 Å². The maximum Gasteiger partial charge on any atom is 0.248 e. The van der Waals surface area contributed by atoms with Crippen molar-refractivity contribution in [2.75, 3.05) is 13.6 Å². The average Bonchev–Trinajstić information content (AvgIpc) is 3.32. The van der Waals surface area contributed by atoms with E-state index in [1.807, 2.05) is 27.7 Å². The molecule has 0 saturated carbocycles. The summed E-state index contributed by atoms with van der Waals surface area (Å²) in [6, 6.07) is -1.36. The van der Waals surface area contributed by atoms with Crippen LogP contribution in [0.15, 0.2) is 12.4 Å². The van der Waals surface area contributed by atoms with Crippen molar-refractivity contribution in [2.45, 2.75) is 52.3 Å². The van der Waals surface area contributed by atoms with Crippen molar-refractivity contribution in [2.24, 2.45) is 5.41 Å². The van der Waals surface area contributed by atoms with E-state index in [0.717, 1.165) is 9.88 Å². The molecule has 0 aliphatic carbocycles. The Bertz CT molecular complexity index is 871. The van der Waals surface area contributed by atoms with Crippen LogP contribution in [-0.2, 0) is 9.59 Å². The molecule has 2 N–H and O–H groups in total. The number of hydrogen-bond acceptors (Lipinski definition) is 7. The summed E-state index contributed by atoms with van der Waals surface area (Å²) in [4.78, 5) is 32.2. The minimum absolute atomic E-state index is 0.124. The van der Waals surface area contributed by atoms with Gasteiger partial charge in [0.05, 0.1) is 22.2 Å². The van der Waals surface area contributed by atoms with Gasteiger partial charge >= 0.3 is 0 Å². The maximum atomic E-state index is 13.5. The molecule has 1 aliphatic rings. The van der Waals surface area contributed by atoms with Crippen LogP contribution < -0.4 is 5.32 Å². The molecule has 9 nitrogen and oxygen atoms in total. The Morgan fingerprint density at radius 2 is 2.11 bits per heavy atom. The lowest BCUT2D eigenvalue weighted by molar-refractivity contribution is -0.144. The Kier molecular flexibility index (Phi) is 5.53. The monoisotopic (exact) mass is 406 g/mol. The topological polar surface area (TPSA) is 113 Å². The van der Waals surface area contributed by atoms with Gasteiger partial charge in [-0.25, -0.2) is 9.67 Å². The van der Waals surface area contributed by atoms with Crippen molar-refractivity contribution >= 4 is 23.2 Å². The van der Waals surface area contributed by atoms with Crippen LogP contribution in [0.1, 0.15) is 38.2 Å². The zero-order valence-electron chi connectivity index (χ0n) is 16.7. The number of carbonyl (C=O) groups excluding carboxylic acids is 2. The molecule has 2 aromatic heterocycles. The van der Waals surface area contributed by atoms with Crippen LogP contribution in [0.3, 0.4) is 0 Å². The number of β-amino-alcohol motifs (C(OH)–C–C–N with tert-alkyl or cyclic N) is 1. The summed E-state index contributed by atoms with van der Waals surface area (Å²) in [5.74, 6) is -0.536. The number of amides is 2. The highest BCUT2D eigenvalue weighted by Gasteiger charge is 2.45. The molecule has 0 aromatic carbocycles. The predicted molar refractivity (Wildman–Crippen MR) is 105 cm³/mol. The van der Waals surface area contributed by atoms with E-state index in [2.05, 4.69) is 20.6 Å². The number of likely N-dealkylation sites (tertiary alicyclic amines) is 1. The van der Waals surface area contributed by atoms with E-state index in [1.54, 1.807) is 17.1 Å². The van der Waals surface area contributed by atoms with Gasteiger partial charge in [-0.3, -0.25) is 9.59 Å². The van der Waals surface area contributed by atoms with Crippen molar-refractivity contribution in [1.29, 1.82) is 0 Å². The summed E-state index contributed by atoms with van der Waals surface area (Å²) >= 11 is 1.51. The Morgan fingerprint density at radius 1 is 1.39 bits per heavy atom. The second-order valence-corrected chi connectivity index (χ2v) is 9.34. The maximum absolute atomic E-state index is 13.5. The molecule has 1 aliphatic heterocycles. The lowest BCUT2D eigenvalue weighted by Crippen LogP contribution is -2.49. The van der Waals surface area contributed by atoms with Crippen molar-refractivity contribution in [3.63, 3.8) is 0 Å². The molecule has 0 bridgehead atoms. The summed E-state index contributed by atoms with van der Waals surface area (Å²) in [5, 5.41) is 22.0. The SMILES string of the molecule is CNC(=O)C1CC(O)CN1C(=O)[C@@H](n1cc(-c2cnc(C)s2)nn1)C(C)(C)C. The molecule has 1 saturated heterocycles. The molecular formula is C18H26N6O3S. The highest BCUT2D eigenvalue weighted by Crippen LogP contribution is 2.35. The van der Waals surface area contributed by atoms with E-state index in [-0.39, 0.29) is 24.8 Å². The first-order valence-electron chi connectivity index (χ1n) is 9.16. The number of aliphatic hydroxyl groups is 1. The number of nitrogens with zero attached hydrogens (tertiary/aromatic N) is 5. The molecule has 28 heavy (non-hydrogen) atoms. The molecule has 2 aromatic rings. The first-order valence-corrected chi connectivity index (χ1v) is 9.98. The minimum Gasteiger partial charge on any atom is -0.391 e. The summed E-state index contributed by atoms with van der Waals surface area (Å²) in [5.41, 5.74) is 0.170. The third-order valence-electron chi connectivity index (χ3n) is 4.81. The average molecular weight is 407 g/mol. The highest BCUT2D eigenvalue weighted by molar-refractivity contribution is 7.15. The lowest BCUT2D eigenvalue weighted by atomic mass is 9.85. The number of aromatic nitrogens is 4. The third kappa shape index (κ3) is 3.93. The van der Waals surface area contributed by atoms with E-state index >= 15 is 0 Å². The third-order valence-corrected chi connectivity index (χ3v) is 5.75. The fourth-order valence-electron chi connectivity index (χ4n) is 3.51. The van der Waals surface area contributed by atoms with Gasteiger partial charge in [0.15, 0.2) is 0 Å². The number of rotatable bonds is 4. The molecule has 10 heteroatoms. The summed E-state index contributed by atoms with van der Waals surface area (Å²) in [7, 11) is 1.53. The molecule has 1 fully saturated rings. The summed E-state index contributed by atoms with van der Waals surface area (Å²) in [6.07, 6.45) is 2.98. The summed E-state index contributed by atoms with van der Waals surface area (Å²) in [6.45, 7) is 7.86. The summed E-state index contributed by atoms with van der Waals surface area (Å²) < 4.78 is 1.55. The van der Waals surface area contributed by atoms with Crippen LogP contribution in [0.5, 0.6) is 0 Å². The number of carbonyl (C=O) groups is 2. The van der Waals surface area contributed by atoms with E-state index in [1.165, 1.54) is 23.3 Å². The number of aliphatic hydroxyl groups excluding tert-OH is 1. The Balaban J connectivity index is 1.94. The number of hydrogen-bond donors (Lipinski definition) is 2. The van der Waals surface area contributed by atoms with Crippen LogP contribution >= 0.6 is 11.3 Å². The van der Waals surface area contributed by atoms with Gasteiger partial charge in [0.25, 0.3) is 0 Å². The molecule has 2 unspecified atom stereocenters. The first kappa shape index (κ1) is 20.4. The van der Waals surface area contributed by atoms with Gasteiger partial charge in [-0.2, -0.15) is 0 Å². The number of likely N-dealkylation sites (N-methyl/N-ethyl adjacent to an activating group) is 1. The van der Waals surface area contributed by atoms with Crippen LogP contribution in [0.25, 0.3) is 10.6 Å². The van der Waals surface area contributed by atoms with E-state index in [4.69, 9.17) is 0 Å². The smallest absolute Gasteiger partial charge is 0.248 e. The molecule has 0 spiro atoms. The molecule has 152 valence electrons. The predicted octanol–water partition coefficient (Wildman–Crippen LogP) is 1.01. The minimum atomic E-state index is -0.724. The largest absolute Gasteiger partial charge is 0.391 e. The lowest BCUT2D eigenvalue weighted by Gasteiger charge is -2.34. The zero-order valence-corrected chi connectivity index (χ0v) is 17.5. The molecule has 3 rings (SSSR count). The van der Waals surface area contributed by atoms with Crippen molar-refractivity contribution in [3.8, 4) is 10.6 Å². The zero-order chi connectivity index (χ0) is 20.6. The highest BCUT2D eigenvalue weighted by atomic mass is 32.1. The fraction of sp³-hybridized carbons (Fsp3) is 0.611. The van der Waals surface area contributed by atoms with Gasteiger partial charge < -0.3 is 15.3 Å². The van der Waals surface area contributed by atoms with Crippen molar-refractivity contribution in [3.05, 3.63) is 17.4 Å². The standard InChI is InChI=1S/C18H26N6O3S/c1-10-20-7-14(28-10)12-9-24(22-21-12)15(18(2,3)4)17(27)23-8-11(25)6-13(23)16(26)19-5/h7,9,11,13,15,25H,6,8H2,1-5H3,(H,19,26)/t11?,13?,15-/m1/s1. The Labute approximate surface area is 167 Å². The Morgan fingerprint density at radius 3 is 2.68 bits per heavy atom. The van der Waals surface area contributed by atoms with Crippen LogP contribution in [0.2, 0.25) is 0 Å². The van der Waals surface area contributed by atoms with E-state index in [0.29, 0.717) is 5.69 Å². The second-order valence-electron chi connectivity index (χ2n) is 8.11. The second kappa shape index (κ2) is 7.59. The van der Waals surface area contributed by atoms with Crippen molar-refractivity contribution in [1.82, 2.24) is 30.2 Å². The van der Waals surface area contributed by atoms with Crippen LogP contribution in [0.4, 0.5) is 0 Å². The first-order chi connectivity index (χ1) is 13.1.